The molecule has 1 aromatic heterocycles. The molecule has 0 atom stereocenters. The molecule has 0 aliphatic heterocycles. The monoisotopic (exact) mass is 214 g/mol. The van der Waals surface area contributed by atoms with Gasteiger partial charge in [0.25, 0.3) is 0 Å². The number of aromatic nitrogens is 2. The van der Waals surface area contributed by atoms with Gasteiger partial charge < -0.3 is 10.6 Å². The molecule has 0 saturated carbocycles. The maximum atomic E-state index is 3.80. The van der Waals surface area contributed by atoms with Gasteiger partial charge >= 0.3 is 0 Å². The smallest absolute Gasteiger partial charge is 0.0666 e. The molecule has 0 spiro atoms. The predicted molar refractivity (Wildman–Crippen MR) is 59.4 cm³/mol. The topological polar surface area (TPSA) is 49.8 Å². The van der Waals surface area contributed by atoms with Crippen molar-refractivity contribution < 1.29 is 0 Å². The highest BCUT2D eigenvalue weighted by Gasteiger charge is 2.06. The van der Waals surface area contributed by atoms with Gasteiger partial charge in [-0.25, -0.2) is 0 Å². The second-order valence-corrected chi connectivity index (χ2v) is 5.11. The summed E-state index contributed by atoms with van der Waals surface area (Å²) in [5.74, 6) is 0. The molecule has 0 aromatic carbocycles. The van der Waals surface area contributed by atoms with E-state index in [0.29, 0.717) is 0 Å². The summed E-state index contributed by atoms with van der Waals surface area (Å²) in [6.07, 6.45) is 1.80. The van der Waals surface area contributed by atoms with E-state index in [1.165, 1.54) is 16.4 Å². The molecule has 0 unspecified atom stereocenters. The van der Waals surface area contributed by atoms with Crippen molar-refractivity contribution in [1.29, 1.82) is 0 Å². The quantitative estimate of drug-likeness (QED) is 0.718. The van der Waals surface area contributed by atoms with Gasteiger partial charge in [0.05, 0.1) is 11.1 Å². The minimum Gasteiger partial charge on any atom is -0.311 e. The fourth-order valence-corrected chi connectivity index (χ4v) is 1.46. The number of rotatable bonds is 5. The molecule has 1 heterocycles. The van der Waals surface area contributed by atoms with Crippen LogP contribution in [0.1, 0.15) is 25.6 Å². The summed E-state index contributed by atoms with van der Waals surface area (Å²) in [6, 6.07) is 0. The van der Waals surface area contributed by atoms with Crippen LogP contribution in [0.2, 0.25) is 0 Å². The number of nitrogens with one attached hydrogen (secondary N) is 2. The average Bonchev–Trinajstić information content (AvgIpc) is 2.54. The zero-order valence-electron chi connectivity index (χ0n) is 9.00. The highest BCUT2D eigenvalue weighted by Crippen LogP contribution is 2.00. The lowest BCUT2D eigenvalue weighted by Crippen LogP contribution is -2.40. The van der Waals surface area contributed by atoms with Gasteiger partial charge in [-0.1, -0.05) is 4.49 Å². The first-order chi connectivity index (χ1) is 6.58. The Morgan fingerprint density at radius 3 is 2.71 bits per heavy atom. The molecule has 0 saturated heterocycles. The molecule has 1 aromatic rings. The Morgan fingerprint density at radius 2 is 2.14 bits per heavy atom. The van der Waals surface area contributed by atoms with Crippen LogP contribution in [0.3, 0.4) is 0 Å². The van der Waals surface area contributed by atoms with Crippen molar-refractivity contribution in [2.45, 2.75) is 32.9 Å². The zero-order valence-corrected chi connectivity index (χ0v) is 9.82. The van der Waals surface area contributed by atoms with Crippen LogP contribution in [-0.2, 0) is 6.54 Å². The summed E-state index contributed by atoms with van der Waals surface area (Å²) in [6.45, 7) is 9.31. The second kappa shape index (κ2) is 5.38. The fourth-order valence-electron chi connectivity index (χ4n) is 1.00. The Hall–Kier alpha value is -0.520. The van der Waals surface area contributed by atoms with Crippen LogP contribution in [0.5, 0.6) is 0 Å². The van der Waals surface area contributed by atoms with Crippen LogP contribution in [0, 0.1) is 0 Å². The molecular formula is C9H18N4S. The third-order valence-corrected chi connectivity index (χ3v) is 2.32. The van der Waals surface area contributed by atoms with Crippen LogP contribution >= 0.6 is 11.5 Å². The SMILES string of the molecule is CC(C)(C)NCCNCc1cnns1. The summed E-state index contributed by atoms with van der Waals surface area (Å²) in [5.41, 5.74) is 0.202. The molecule has 0 amide bonds. The number of hydrogen-bond donors (Lipinski definition) is 2. The first kappa shape index (κ1) is 11.6. The molecule has 80 valence electrons. The molecule has 2 N–H and O–H groups in total. The Bertz CT molecular complexity index is 240. The van der Waals surface area contributed by atoms with Crippen molar-refractivity contribution in [3.8, 4) is 0 Å². The summed E-state index contributed by atoms with van der Waals surface area (Å²) >= 11 is 1.44. The molecule has 0 aliphatic rings. The molecule has 5 heteroatoms. The summed E-state index contributed by atoms with van der Waals surface area (Å²) in [7, 11) is 0. The van der Waals surface area contributed by atoms with Gasteiger partial charge in [0.15, 0.2) is 0 Å². The van der Waals surface area contributed by atoms with E-state index in [-0.39, 0.29) is 5.54 Å². The molecule has 0 bridgehead atoms. The average molecular weight is 214 g/mol. The maximum absolute atomic E-state index is 3.80. The third-order valence-electron chi connectivity index (χ3n) is 1.66. The Labute approximate surface area is 89.3 Å². The van der Waals surface area contributed by atoms with Crippen molar-refractivity contribution >= 4 is 11.5 Å². The molecule has 0 fully saturated rings. The van der Waals surface area contributed by atoms with Gasteiger partial charge in [-0.3, -0.25) is 0 Å². The largest absolute Gasteiger partial charge is 0.311 e. The first-order valence-corrected chi connectivity index (χ1v) is 5.57. The molecule has 4 nitrogen and oxygen atoms in total. The first-order valence-electron chi connectivity index (χ1n) is 4.80. The maximum Gasteiger partial charge on any atom is 0.0666 e. The van der Waals surface area contributed by atoms with Crippen molar-refractivity contribution in [2.24, 2.45) is 0 Å². The standard InChI is InChI=1S/C9H18N4S/c1-9(2,3)11-5-4-10-6-8-7-12-13-14-8/h7,10-11H,4-6H2,1-3H3. The summed E-state index contributed by atoms with van der Waals surface area (Å²) in [4.78, 5) is 1.18. The highest BCUT2D eigenvalue weighted by molar-refractivity contribution is 7.05. The van der Waals surface area contributed by atoms with Crippen LogP contribution in [0.25, 0.3) is 0 Å². The molecule has 0 radical (unpaired) electrons. The van der Waals surface area contributed by atoms with Gasteiger partial charge in [-0.15, -0.1) is 5.10 Å². The van der Waals surface area contributed by atoms with Crippen molar-refractivity contribution in [2.75, 3.05) is 13.1 Å². The second-order valence-electron chi connectivity index (χ2n) is 4.24. The normalized spacial score (nSPS) is 11.9. The van der Waals surface area contributed by atoms with E-state index in [1.807, 2.05) is 0 Å². The lowest BCUT2D eigenvalue weighted by molar-refractivity contribution is 0.421. The van der Waals surface area contributed by atoms with Crippen molar-refractivity contribution in [3.05, 3.63) is 11.1 Å². The van der Waals surface area contributed by atoms with E-state index >= 15 is 0 Å². The zero-order chi connectivity index (χ0) is 10.4. The van der Waals surface area contributed by atoms with E-state index in [0.717, 1.165) is 19.6 Å². The molecular weight excluding hydrogens is 196 g/mol. The third kappa shape index (κ3) is 5.26. The van der Waals surface area contributed by atoms with Gasteiger partial charge in [-0.2, -0.15) is 0 Å². The minimum absolute atomic E-state index is 0.202. The van der Waals surface area contributed by atoms with Crippen LogP contribution in [0.15, 0.2) is 6.20 Å². The van der Waals surface area contributed by atoms with E-state index in [4.69, 9.17) is 0 Å². The van der Waals surface area contributed by atoms with Crippen LogP contribution in [-0.4, -0.2) is 28.2 Å². The van der Waals surface area contributed by atoms with E-state index in [1.54, 1.807) is 6.20 Å². The Morgan fingerprint density at radius 1 is 1.36 bits per heavy atom. The number of hydrogen-bond acceptors (Lipinski definition) is 5. The van der Waals surface area contributed by atoms with Crippen molar-refractivity contribution in [1.82, 2.24) is 20.2 Å². The molecule has 1 rings (SSSR count). The number of nitrogens with zero attached hydrogens (tertiary/aromatic N) is 2. The Kier molecular flexibility index (Phi) is 4.44. The van der Waals surface area contributed by atoms with Crippen molar-refractivity contribution in [3.63, 3.8) is 0 Å². The minimum atomic E-state index is 0.202. The fraction of sp³-hybridized carbons (Fsp3) is 0.778. The predicted octanol–water partition coefficient (Wildman–Crippen LogP) is 1.02. The highest BCUT2D eigenvalue weighted by atomic mass is 32.1. The summed E-state index contributed by atoms with van der Waals surface area (Å²) in [5, 5.41) is 10.5. The lowest BCUT2D eigenvalue weighted by Gasteiger charge is -2.20. The van der Waals surface area contributed by atoms with E-state index in [2.05, 4.69) is 41.0 Å². The van der Waals surface area contributed by atoms with E-state index in [9.17, 15) is 0 Å². The van der Waals surface area contributed by atoms with Gasteiger partial charge in [0, 0.05) is 25.2 Å². The molecule has 14 heavy (non-hydrogen) atoms. The summed E-state index contributed by atoms with van der Waals surface area (Å²) < 4.78 is 3.80. The van der Waals surface area contributed by atoms with Gasteiger partial charge in [-0.05, 0) is 32.3 Å². The van der Waals surface area contributed by atoms with E-state index < -0.39 is 0 Å². The molecule has 0 aliphatic carbocycles. The lowest BCUT2D eigenvalue weighted by atomic mass is 10.1. The van der Waals surface area contributed by atoms with Crippen LogP contribution in [0.4, 0.5) is 0 Å². The Balaban J connectivity index is 2.00. The van der Waals surface area contributed by atoms with Gasteiger partial charge in [0.2, 0.25) is 0 Å². The van der Waals surface area contributed by atoms with Gasteiger partial charge in [0.1, 0.15) is 0 Å². The van der Waals surface area contributed by atoms with Crippen LogP contribution < -0.4 is 10.6 Å².